The Hall–Kier alpha value is -1.39. The third-order valence-electron chi connectivity index (χ3n) is 3.89. The van der Waals surface area contributed by atoms with Crippen LogP contribution in [0.1, 0.15) is 34.8 Å². The Bertz CT molecular complexity index is 483. The fourth-order valence-electron chi connectivity index (χ4n) is 2.66. The second-order valence-corrected chi connectivity index (χ2v) is 5.29. The van der Waals surface area contributed by atoms with Crippen LogP contribution in [-0.2, 0) is 18.0 Å². The lowest BCUT2D eigenvalue weighted by atomic mass is 10.0. The maximum atomic E-state index is 12.6. The monoisotopic (exact) mass is 260 g/mol. The van der Waals surface area contributed by atoms with E-state index in [1.165, 1.54) is 5.56 Å². The quantitative estimate of drug-likeness (QED) is 0.893. The van der Waals surface area contributed by atoms with Crippen LogP contribution in [0.3, 0.4) is 0 Å². The molecule has 1 amide bonds. The molecule has 1 N–H and O–H groups in total. The lowest BCUT2D eigenvalue weighted by molar-refractivity contribution is 0.0615. The number of rotatable bonds is 4. The highest BCUT2D eigenvalue weighted by molar-refractivity contribution is 5.94. The van der Waals surface area contributed by atoms with Gasteiger partial charge in [-0.15, -0.1) is 0 Å². The molecule has 0 aromatic heterocycles. The lowest BCUT2D eigenvalue weighted by Crippen LogP contribution is -2.59. The van der Waals surface area contributed by atoms with Crippen LogP contribution in [-0.4, -0.2) is 36.5 Å². The molecule has 0 saturated carbocycles. The van der Waals surface area contributed by atoms with Crippen LogP contribution in [0, 0.1) is 0 Å². The van der Waals surface area contributed by atoms with E-state index in [0.717, 1.165) is 37.2 Å². The van der Waals surface area contributed by atoms with Crippen molar-refractivity contribution in [1.82, 2.24) is 10.2 Å². The zero-order valence-corrected chi connectivity index (χ0v) is 11.3. The molecule has 2 aliphatic rings. The smallest absolute Gasteiger partial charge is 0.254 e. The van der Waals surface area contributed by atoms with E-state index in [9.17, 15) is 4.79 Å². The van der Waals surface area contributed by atoms with Crippen LogP contribution in [0.5, 0.6) is 0 Å². The number of nitrogens with zero attached hydrogens (tertiary/aromatic N) is 1. The Morgan fingerprint density at radius 2 is 2.16 bits per heavy atom. The number of amides is 1. The van der Waals surface area contributed by atoms with Gasteiger partial charge in [-0.05, 0) is 29.7 Å². The second kappa shape index (κ2) is 5.31. The predicted octanol–water partition coefficient (Wildman–Crippen LogP) is 1.54. The molecular weight excluding hydrogens is 240 g/mol. The Morgan fingerprint density at radius 1 is 1.37 bits per heavy atom. The maximum absolute atomic E-state index is 12.6. The largest absolute Gasteiger partial charge is 0.372 e. The van der Waals surface area contributed by atoms with Gasteiger partial charge in [0.05, 0.1) is 19.3 Å². The number of fused-ring (bicyclic) bond motifs is 1. The van der Waals surface area contributed by atoms with Crippen molar-refractivity contribution in [1.29, 1.82) is 0 Å². The third-order valence-corrected chi connectivity index (χ3v) is 3.89. The van der Waals surface area contributed by atoms with Gasteiger partial charge in [0.2, 0.25) is 0 Å². The molecule has 2 heterocycles. The average Bonchev–Trinajstić information content (AvgIpc) is 2.82. The molecule has 0 aliphatic carbocycles. The number of carbonyl (C=O) groups is 1. The number of hydrogen-bond acceptors (Lipinski definition) is 3. The molecule has 0 bridgehead atoms. The van der Waals surface area contributed by atoms with Crippen LogP contribution in [0.15, 0.2) is 18.2 Å². The number of ether oxygens (including phenoxy) is 1. The highest BCUT2D eigenvalue weighted by Gasteiger charge is 2.29. The van der Waals surface area contributed by atoms with Gasteiger partial charge >= 0.3 is 0 Å². The van der Waals surface area contributed by atoms with E-state index < -0.39 is 0 Å². The van der Waals surface area contributed by atoms with E-state index in [4.69, 9.17) is 4.74 Å². The van der Waals surface area contributed by atoms with Gasteiger partial charge in [0.15, 0.2) is 0 Å². The van der Waals surface area contributed by atoms with Gasteiger partial charge in [0, 0.05) is 25.2 Å². The first-order valence-corrected chi connectivity index (χ1v) is 7.01. The minimum Gasteiger partial charge on any atom is -0.372 e. The van der Waals surface area contributed by atoms with Crippen molar-refractivity contribution in [2.75, 3.05) is 19.6 Å². The number of nitrogens with one attached hydrogen (secondary N) is 1. The predicted molar refractivity (Wildman–Crippen MR) is 72.9 cm³/mol. The van der Waals surface area contributed by atoms with Crippen molar-refractivity contribution in [2.45, 2.75) is 32.6 Å². The first kappa shape index (κ1) is 12.6. The molecule has 0 atom stereocenters. The van der Waals surface area contributed by atoms with Crippen molar-refractivity contribution in [2.24, 2.45) is 0 Å². The van der Waals surface area contributed by atoms with Crippen molar-refractivity contribution >= 4 is 5.91 Å². The molecule has 0 radical (unpaired) electrons. The summed E-state index contributed by atoms with van der Waals surface area (Å²) >= 11 is 0. The Balaban J connectivity index is 1.81. The van der Waals surface area contributed by atoms with Gasteiger partial charge in [-0.25, -0.2) is 0 Å². The van der Waals surface area contributed by atoms with E-state index in [2.05, 4.69) is 12.2 Å². The average molecular weight is 260 g/mol. The SMILES string of the molecule is CCCN(C(=O)c1ccc2c(c1)COC2)C1CNC1. The van der Waals surface area contributed by atoms with Gasteiger partial charge < -0.3 is 15.0 Å². The molecule has 4 heteroatoms. The molecule has 1 aromatic rings. The molecule has 1 saturated heterocycles. The molecule has 0 unspecified atom stereocenters. The molecule has 19 heavy (non-hydrogen) atoms. The molecule has 0 spiro atoms. The van der Waals surface area contributed by atoms with E-state index in [1.54, 1.807) is 0 Å². The van der Waals surface area contributed by atoms with Crippen molar-refractivity contribution in [3.63, 3.8) is 0 Å². The van der Waals surface area contributed by atoms with Gasteiger partial charge in [0.1, 0.15) is 0 Å². The number of carbonyl (C=O) groups excluding carboxylic acids is 1. The normalized spacial score (nSPS) is 17.9. The summed E-state index contributed by atoms with van der Waals surface area (Å²) in [6.45, 7) is 6.09. The standard InChI is InChI=1S/C15H20N2O2/c1-2-5-17(14-7-16-8-14)15(18)11-3-4-12-9-19-10-13(12)6-11/h3-4,6,14,16H,2,5,7-10H2,1H3. The van der Waals surface area contributed by atoms with Gasteiger partial charge in [0.25, 0.3) is 5.91 Å². The maximum Gasteiger partial charge on any atom is 0.254 e. The minimum atomic E-state index is 0.156. The van der Waals surface area contributed by atoms with Gasteiger partial charge in [-0.2, -0.15) is 0 Å². The zero-order valence-electron chi connectivity index (χ0n) is 11.3. The molecule has 4 nitrogen and oxygen atoms in total. The van der Waals surface area contributed by atoms with Crippen LogP contribution >= 0.6 is 0 Å². The lowest BCUT2D eigenvalue weighted by Gasteiger charge is -2.38. The van der Waals surface area contributed by atoms with Crippen molar-refractivity contribution in [3.8, 4) is 0 Å². The summed E-state index contributed by atoms with van der Waals surface area (Å²) in [5.74, 6) is 0.156. The molecule has 2 aliphatic heterocycles. The van der Waals surface area contributed by atoms with E-state index in [-0.39, 0.29) is 5.91 Å². The summed E-state index contributed by atoms with van der Waals surface area (Å²) in [7, 11) is 0. The summed E-state index contributed by atoms with van der Waals surface area (Å²) in [5.41, 5.74) is 3.17. The summed E-state index contributed by atoms with van der Waals surface area (Å²) < 4.78 is 5.40. The summed E-state index contributed by atoms with van der Waals surface area (Å²) in [6.07, 6.45) is 0.996. The van der Waals surface area contributed by atoms with Gasteiger partial charge in [-0.1, -0.05) is 13.0 Å². The van der Waals surface area contributed by atoms with Crippen LogP contribution in [0.2, 0.25) is 0 Å². The summed E-state index contributed by atoms with van der Waals surface area (Å²) in [6, 6.07) is 6.32. The Morgan fingerprint density at radius 3 is 2.84 bits per heavy atom. The van der Waals surface area contributed by atoms with Crippen molar-refractivity contribution in [3.05, 3.63) is 34.9 Å². The number of benzene rings is 1. The first-order valence-electron chi connectivity index (χ1n) is 7.01. The highest BCUT2D eigenvalue weighted by atomic mass is 16.5. The minimum absolute atomic E-state index is 0.156. The van der Waals surface area contributed by atoms with E-state index in [1.807, 2.05) is 23.1 Å². The van der Waals surface area contributed by atoms with Crippen LogP contribution < -0.4 is 5.32 Å². The fraction of sp³-hybridized carbons (Fsp3) is 0.533. The van der Waals surface area contributed by atoms with E-state index in [0.29, 0.717) is 19.3 Å². The first-order chi connectivity index (χ1) is 9.29. The fourth-order valence-corrected chi connectivity index (χ4v) is 2.66. The third kappa shape index (κ3) is 2.38. The summed E-state index contributed by atoms with van der Waals surface area (Å²) in [5, 5.41) is 3.23. The highest BCUT2D eigenvalue weighted by Crippen LogP contribution is 2.22. The molecule has 1 fully saturated rings. The molecular formula is C15H20N2O2. The molecule has 102 valence electrons. The molecule has 1 aromatic carbocycles. The zero-order chi connectivity index (χ0) is 13.2. The van der Waals surface area contributed by atoms with E-state index >= 15 is 0 Å². The van der Waals surface area contributed by atoms with Crippen LogP contribution in [0.25, 0.3) is 0 Å². The van der Waals surface area contributed by atoms with Crippen LogP contribution in [0.4, 0.5) is 0 Å². The van der Waals surface area contributed by atoms with Gasteiger partial charge in [-0.3, -0.25) is 4.79 Å². The summed E-state index contributed by atoms with van der Waals surface area (Å²) in [4.78, 5) is 14.6. The molecule has 3 rings (SSSR count). The second-order valence-electron chi connectivity index (χ2n) is 5.29. The Kier molecular flexibility index (Phi) is 3.53. The topological polar surface area (TPSA) is 41.6 Å². The van der Waals surface area contributed by atoms with Crippen molar-refractivity contribution < 1.29 is 9.53 Å². The Labute approximate surface area is 113 Å². The number of hydrogen-bond donors (Lipinski definition) is 1.